The smallest absolute Gasteiger partial charge is 0.337 e. The number of aromatic hydroxyl groups is 1. The van der Waals surface area contributed by atoms with Gasteiger partial charge in [0.1, 0.15) is 5.75 Å². The summed E-state index contributed by atoms with van der Waals surface area (Å²) >= 11 is 0. The molecule has 108 valence electrons. The van der Waals surface area contributed by atoms with Crippen molar-refractivity contribution in [1.82, 2.24) is 0 Å². The third kappa shape index (κ3) is 2.86. The predicted octanol–water partition coefficient (Wildman–Crippen LogP) is 2.68. The van der Waals surface area contributed by atoms with Crippen molar-refractivity contribution in [3.8, 4) is 5.75 Å². The second kappa shape index (κ2) is 5.66. The number of carbonyl (C=O) groups excluding carboxylic acids is 1. The van der Waals surface area contributed by atoms with E-state index in [2.05, 4.69) is 0 Å². The highest BCUT2D eigenvalue weighted by molar-refractivity contribution is 6.09. The van der Waals surface area contributed by atoms with Crippen LogP contribution in [0.5, 0.6) is 5.75 Å². The molecule has 0 radical (unpaired) electrons. The number of phenols is 1. The minimum Gasteiger partial charge on any atom is -0.508 e. The fraction of sp³-hybridized carbons (Fsp3) is 0.125. The number of carboxylic acid groups (broad SMARTS) is 1. The standard InChI is InChI=1S/C16H15NO4/c1-10-7-8-11(9-14(10)18)15(19)17(2)13-6-4-3-5-12(13)16(20)21/h3-9,18H,1-2H3,(H,20,21). The Morgan fingerprint density at radius 1 is 1.10 bits per heavy atom. The number of hydrogen-bond donors (Lipinski definition) is 2. The van der Waals surface area contributed by atoms with Gasteiger partial charge in [-0.05, 0) is 36.8 Å². The number of phenolic OH excluding ortho intramolecular Hbond substituents is 1. The number of rotatable bonds is 3. The zero-order valence-corrected chi connectivity index (χ0v) is 11.7. The molecule has 0 aliphatic rings. The highest BCUT2D eigenvalue weighted by Crippen LogP contribution is 2.23. The molecule has 0 bridgehead atoms. The van der Waals surface area contributed by atoms with Gasteiger partial charge in [-0.15, -0.1) is 0 Å². The molecule has 21 heavy (non-hydrogen) atoms. The fourth-order valence-electron chi connectivity index (χ4n) is 1.99. The first-order valence-corrected chi connectivity index (χ1v) is 6.32. The molecule has 0 unspecified atom stereocenters. The Hall–Kier alpha value is -2.82. The van der Waals surface area contributed by atoms with Gasteiger partial charge < -0.3 is 15.1 Å². The second-order valence-electron chi connectivity index (χ2n) is 4.69. The monoisotopic (exact) mass is 285 g/mol. The molecule has 0 heterocycles. The minimum atomic E-state index is -1.10. The molecule has 0 aromatic heterocycles. The first kappa shape index (κ1) is 14.6. The van der Waals surface area contributed by atoms with Gasteiger partial charge in [-0.2, -0.15) is 0 Å². The van der Waals surface area contributed by atoms with Crippen molar-refractivity contribution in [3.63, 3.8) is 0 Å². The van der Waals surface area contributed by atoms with Gasteiger partial charge in [0.25, 0.3) is 5.91 Å². The summed E-state index contributed by atoms with van der Waals surface area (Å²) in [6.45, 7) is 1.73. The van der Waals surface area contributed by atoms with Gasteiger partial charge in [0, 0.05) is 12.6 Å². The summed E-state index contributed by atoms with van der Waals surface area (Å²) in [5, 5.41) is 18.8. The molecule has 5 nitrogen and oxygen atoms in total. The molecule has 2 N–H and O–H groups in total. The van der Waals surface area contributed by atoms with E-state index in [0.29, 0.717) is 16.8 Å². The van der Waals surface area contributed by atoms with E-state index >= 15 is 0 Å². The number of nitrogens with zero attached hydrogens (tertiary/aromatic N) is 1. The summed E-state index contributed by atoms with van der Waals surface area (Å²) < 4.78 is 0. The molecule has 0 atom stereocenters. The van der Waals surface area contributed by atoms with E-state index in [0.717, 1.165) is 0 Å². The van der Waals surface area contributed by atoms with Crippen LogP contribution in [0.15, 0.2) is 42.5 Å². The fourth-order valence-corrected chi connectivity index (χ4v) is 1.99. The van der Waals surface area contributed by atoms with Gasteiger partial charge in [0.2, 0.25) is 0 Å². The number of benzene rings is 2. The molecule has 0 aliphatic carbocycles. The van der Waals surface area contributed by atoms with Crippen molar-refractivity contribution in [1.29, 1.82) is 0 Å². The number of hydrogen-bond acceptors (Lipinski definition) is 3. The van der Waals surface area contributed by atoms with E-state index in [9.17, 15) is 14.7 Å². The molecule has 2 aromatic rings. The molecule has 0 fully saturated rings. The largest absolute Gasteiger partial charge is 0.508 e. The molecular weight excluding hydrogens is 270 g/mol. The molecular formula is C16H15NO4. The molecule has 0 spiro atoms. The average Bonchev–Trinajstić information content (AvgIpc) is 2.48. The van der Waals surface area contributed by atoms with E-state index in [1.807, 2.05) is 0 Å². The van der Waals surface area contributed by atoms with Crippen LogP contribution in [0.25, 0.3) is 0 Å². The first-order chi connectivity index (χ1) is 9.91. The molecule has 5 heteroatoms. The summed E-state index contributed by atoms with van der Waals surface area (Å²) in [6, 6.07) is 10.9. The Bertz CT molecular complexity index is 709. The molecule has 1 amide bonds. The number of carboxylic acids is 1. The van der Waals surface area contributed by atoms with Crippen LogP contribution in [-0.2, 0) is 0 Å². The van der Waals surface area contributed by atoms with E-state index in [1.54, 1.807) is 37.3 Å². The number of anilines is 1. The highest BCUT2D eigenvalue weighted by atomic mass is 16.4. The molecule has 0 saturated carbocycles. The third-order valence-electron chi connectivity index (χ3n) is 3.26. The number of carbonyl (C=O) groups is 2. The SMILES string of the molecule is Cc1ccc(C(=O)N(C)c2ccccc2C(=O)O)cc1O. The quantitative estimate of drug-likeness (QED) is 0.908. The predicted molar refractivity (Wildman–Crippen MR) is 79.0 cm³/mol. The van der Waals surface area contributed by atoms with Gasteiger partial charge in [-0.25, -0.2) is 4.79 Å². The lowest BCUT2D eigenvalue weighted by molar-refractivity contribution is 0.0697. The third-order valence-corrected chi connectivity index (χ3v) is 3.26. The lowest BCUT2D eigenvalue weighted by Crippen LogP contribution is -2.27. The molecule has 0 aliphatic heterocycles. The van der Waals surface area contributed by atoms with Gasteiger partial charge >= 0.3 is 5.97 Å². The summed E-state index contributed by atoms with van der Waals surface area (Å²) in [5.74, 6) is -1.46. The van der Waals surface area contributed by atoms with E-state index < -0.39 is 5.97 Å². The van der Waals surface area contributed by atoms with Gasteiger partial charge in [-0.3, -0.25) is 4.79 Å². The second-order valence-corrected chi connectivity index (χ2v) is 4.69. The van der Waals surface area contributed by atoms with Crippen LogP contribution in [0.2, 0.25) is 0 Å². The lowest BCUT2D eigenvalue weighted by atomic mass is 10.1. The van der Waals surface area contributed by atoms with Crippen molar-refractivity contribution >= 4 is 17.6 Å². The van der Waals surface area contributed by atoms with E-state index in [1.165, 1.54) is 24.1 Å². The topological polar surface area (TPSA) is 77.8 Å². The average molecular weight is 285 g/mol. The Labute approximate surface area is 122 Å². The Morgan fingerprint density at radius 3 is 2.38 bits per heavy atom. The van der Waals surface area contributed by atoms with Crippen LogP contribution in [0.4, 0.5) is 5.69 Å². The van der Waals surface area contributed by atoms with Crippen molar-refractivity contribution in [2.45, 2.75) is 6.92 Å². The van der Waals surface area contributed by atoms with Gasteiger partial charge in [0.15, 0.2) is 0 Å². The molecule has 2 aromatic carbocycles. The summed E-state index contributed by atoms with van der Waals surface area (Å²) in [5.41, 5.74) is 1.31. The first-order valence-electron chi connectivity index (χ1n) is 6.32. The summed E-state index contributed by atoms with van der Waals surface area (Å²) in [4.78, 5) is 24.9. The van der Waals surface area contributed by atoms with Crippen LogP contribution in [0.3, 0.4) is 0 Å². The van der Waals surface area contributed by atoms with Crippen molar-refractivity contribution in [3.05, 3.63) is 59.2 Å². The highest BCUT2D eigenvalue weighted by Gasteiger charge is 2.19. The van der Waals surface area contributed by atoms with Crippen molar-refractivity contribution in [2.24, 2.45) is 0 Å². The van der Waals surface area contributed by atoms with Crippen LogP contribution in [0.1, 0.15) is 26.3 Å². The zero-order valence-electron chi connectivity index (χ0n) is 11.7. The van der Waals surface area contributed by atoms with Crippen LogP contribution in [-0.4, -0.2) is 29.1 Å². The van der Waals surface area contributed by atoms with Crippen LogP contribution >= 0.6 is 0 Å². The maximum Gasteiger partial charge on any atom is 0.337 e. The van der Waals surface area contributed by atoms with Crippen LogP contribution in [0, 0.1) is 6.92 Å². The number of aryl methyl sites for hydroxylation is 1. The normalized spacial score (nSPS) is 10.2. The van der Waals surface area contributed by atoms with Crippen molar-refractivity contribution < 1.29 is 19.8 Å². The maximum absolute atomic E-state index is 12.4. The molecule has 0 saturated heterocycles. The number of aromatic carboxylic acids is 1. The van der Waals surface area contributed by atoms with E-state index in [-0.39, 0.29) is 17.2 Å². The van der Waals surface area contributed by atoms with Gasteiger partial charge in [-0.1, -0.05) is 18.2 Å². The Balaban J connectivity index is 2.40. The number of para-hydroxylation sites is 1. The van der Waals surface area contributed by atoms with Crippen LogP contribution < -0.4 is 4.90 Å². The Morgan fingerprint density at radius 2 is 1.76 bits per heavy atom. The lowest BCUT2D eigenvalue weighted by Gasteiger charge is -2.19. The zero-order chi connectivity index (χ0) is 15.6. The minimum absolute atomic E-state index is 0.0285. The Kier molecular flexibility index (Phi) is 3.93. The van der Waals surface area contributed by atoms with Crippen molar-refractivity contribution in [2.75, 3.05) is 11.9 Å². The maximum atomic E-state index is 12.4. The number of amides is 1. The van der Waals surface area contributed by atoms with Gasteiger partial charge in [0.05, 0.1) is 11.3 Å². The summed E-state index contributed by atoms with van der Waals surface area (Å²) in [7, 11) is 1.50. The molecule has 2 rings (SSSR count). The van der Waals surface area contributed by atoms with E-state index in [4.69, 9.17) is 5.11 Å². The summed E-state index contributed by atoms with van der Waals surface area (Å²) in [6.07, 6.45) is 0.